The van der Waals surface area contributed by atoms with Crippen molar-refractivity contribution in [3.63, 3.8) is 0 Å². The first kappa shape index (κ1) is 12.0. The molecular formula is C13H14N2O4. The monoisotopic (exact) mass is 262 g/mol. The number of rotatable bonds is 3. The maximum absolute atomic E-state index is 12.1. The van der Waals surface area contributed by atoms with Crippen molar-refractivity contribution in [3.05, 3.63) is 28.3 Å². The van der Waals surface area contributed by atoms with E-state index in [0.29, 0.717) is 11.8 Å². The lowest BCUT2D eigenvalue weighted by atomic mass is 10.0. The van der Waals surface area contributed by atoms with Gasteiger partial charge in [-0.25, -0.2) is 0 Å². The number of hydrogen-bond donors (Lipinski definition) is 2. The summed E-state index contributed by atoms with van der Waals surface area (Å²) in [5, 5.41) is 23.1. The van der Waals surface area contributed by atoms with Crippen LogP contribution in [0.4, 0.5) is 11.4 Å². The molecule has 0 saturated heterocycles. The van der Waals surface area contributed by atoms with Crippen LogP contribution in [0.15, 0.2) is 18.2 Å². The van der Waals surface area contributed by atoms with Gasteiger partial charge in [0.25, 0.3) is 5.69 Å². The molecule has 1 aromatic rings. The SMILES string of the molecule is O=C(Nc1c(O)cccc1[N+](=O)[O-])C1CC2CC2C1. The number of phenolic OH excluding ortho intramolecular Hbond substituents is 1. The smallest absolute Gasteiger partial charge is 0.296 e. The van der Waals surface area contributed by atoms with Crippen molar-refractivity contribution < 1.29 is 14.8 Å². The molecule has 2 aliphatic rings. The Hall–Kier alpha value is -2.11. The van der Waals surface area contributed by atoms with Gasteiger partial charge in [-0.05, 0) is 37.2 Å². The Morgan fingerprint density at radius 2 is 2.00 bits per heavy atom. The van der Waals surface area contributed by atoms with E-state index < -0.39 is 4.92 Å². The van der Waals surface area contributed by atoms with Crippen LogP contribution < -0.4 is 5.32 Å². The summed E-state index contributed by atoms with van der Waals surface area (Å²) in [4.78, 5) is 22.3. The number of para-hydroxylation sites is 1. The number of fused-ring (bicyclic) bond motifs is 1. The van der Waals surface area contributed by atoms with E-state index in [0.717, 1.165) is 12.8 Å². The number of carbonyl (C=O) groups excluding carboxylic acids is 1. The minimum Gasteiger partial charge on any atom is -0.505 e. The fourth-order valence-corrected chi connectivity index (χ4v) is 2.96. The summed E-state index contributed by atoms with van der Waals surface area (Å²) < 4.78 is 0. The number of carbonyl (C=O) groups is 1. The molecule has 6 nitrogen and oxygen atoms in total. The number of benzene rings is 1. The first-order chi connectivity index (χ1) is 9.06. The fraction of sp³-hybridized carbons (Fsp3) is 0.462. The Labute approximate surface area is 109 Å². The summed E-state index contributed by atoms with van der Waals surface area (Å²) in [6.45, 7) is 0. The van der Waals surface area contributed by atoms with Crippen LogP contribution in [0.1, 0.15) is 19.3 Å². The Morgan fingerprint density at radius 3 is 2.63 bits per heavy atom. The molecule has 2 unspecified atom stereocenters. The number of aromatic hydroxyl groups is 1. The van der Waals surface area contributed by atoms with Gasteiger partial charge in [-0.1, -0.05) is 6.07 Å². The van der Waals surface area contributed by atoms with Gasteiger partial charge in [0.05, 0.1) is 4.92 Å². The highest BCUT2D eigenvalue weighted by Gasteiger charge is 2.48. The lowest BCUT2D eigenvalue weighted by Gasteiger charge is -2.13. The summed E-state index contributed by atoms with van der Waals surface area (Å²) >= 11 is 0. The topological polar surface area (TPSA) is 92.5 Å². The third-order valence-electron chi connectivity index (χ3n) is 4.08. The van der Waals surface area contributed by atoms with Crippen LogP contribution in [0, 0.1) is 27.9 Å². The molecule has 0 radical (unpaired) electrons. The zero-order chi connectivity index (χ0) is 13.6. The molecule has 2 fully saturated rings. The first-order valence-corrected chi connectivity index (χ1v) is 6.33. The molecular weight excluding hydrogens is 248 g/mol. The lowest BCUT2D eigenvalue weighted by molar-refractivity contribution is -0.384. The Kier molecular flexibility index (Phi) is 2.66. The maximum atomic E-state index is 12.1. The predicted octanol–water partition coefficient (Wildman–Crippen LogP) is 2.29. The van der Waals surface area contributed by atoms with Crippen molar-refractivity contribution in [2.24, 2.45) is 17.8 Å². The summed E-state index contributed by atoms with van der Waals surface area (Å²) in [6, 6.07) is 3.98. The van der Waals surface area contributed by atoms with Crippen LogP contribution in [0.5, 0.6) is 5.75 Å². The van der Waals surface area contributed by atoms with Gasteiger partial charge < -0.3 is 10.4 Å². The van der Waals surface area contributed by atoms with Crippen LogP contribution in [-0.4, -0.2) is 15.9 Å². The zero-order valence-corrected chi connectivity index (χ0v) is 10.2. The van der Waals surface area contributed by atoms with Crippen molar-refractivity contribution >= 4 is 17.3 Å². The third-order valence-corrected chi connectivity index (χ3v) is 4.08. The molecule has 0 spiro atoms. The first-order valence-electron chi connectivity index (χ1n) is 6.33. The van der Waals surface area contributed by atoms with Crippen LogP contribution in [0.3, 0.4) is 0 Å². The average Bonchev–Trinajstić information content (AvgIpc) is 2.98. The molecule has 0 aromatic heterocycles. The van der Waals surface area contributed by atoms with Crippen molar-refractivity contribution in [1.29, 1.82) is 0 Å². The third kappa shape index (κ3) is 2.14. The Balaban J connectivity index is 1.78. The molecule has 0 bridgehead atoms. The van der Waals surface area contributed by atoms with Gasteiger partial charge in [0, 0.05) is 12.0 Å². The van der Waals surface area contributed by atoms with Gasteiger partial charge in [-0.2, -0.15) is 0 Å². The molecule has 1 amide bonds. The lowest BCUT2D eigenvalue weighted by Crippen LogP contribution is -2.22. The van der Waals surface area contributed by atoms with Crippen molar-refractivity contribution in [2.75, 3.05) is 5.32 Å². The van der Waals surface area contributed by atoms with Crippen molar-refractivity contribution in [3.8, 4) is 5.75 Å². The second kappa shape index (κ2) is 4.22. The summed E-state index contributed by atoms with van der Waals surface area (Å²) in [6.07, 6.45) is 2.93. The van der Waals surface area contributed by atoms with Crippen LogP contribution in [0.2, 0.25) is 0 Å². The molecule has 100 valence electrons. The number of phenols is 1. The van der Waals surface area contributed by atoms with Gasteiger partial charge in [0.2, 0.25) is 5.91 Å². The molecule has 1 aromatic carbocycles. The van der Waals surface area contributed by atoms with E-state index in [4.69, 9.17) is 0 Å². The number of amides is 1. The number of nitrogens with one attached hydrogen (secondary N) is 1. The zero-order valence-electron chi connectivity index (χ0n) is 10.2. The molecule has 19 heavy (non-hydrogen) atoms. The highest BCUT2D eigenvalue weighted by Crippen LogP contribution is 2.54. The maximum Gasteiger partial charge on any atom is 0.296 e. The van der Waals surface area contributed by atoms with Gasteiger partial charge in [0.15, 0.2) is 5.69 Å². The molecule has 2 atom stereocenters. The van der Waals surface area contributed by atoms with E-state index in [-0.39, 0.29) is 28.9 Å². The quantitative estimate of drug-likeness (QED) is 0.496. The largest absolute Gasteiger partial charge is 0.505 e. The molecule has 6 heteroatoms. The van der Waals surface area contributed by atoms with E-state index in [9.17, 15) is 20.0 Å². The fourth-order valence-electron chi connectivity index (χ4n) is 2.96. The molecule has 2 aliphatic carbocycles. The minimum absolute atomic E-state index is 0.0806. The minimum atomic E-state index is -0.610. The summed E-state index contributed by atoms with van der Waals surface area (Å²) in [5.74, 6) is 0.746. The predicted molar refractivity (Wildman–Crippen MR) is 67.7 cm³/mol. The van der Waals surface area contributed by atoms with Crippen LogP contribution in [0.25, 0.3) is 0 Å². The highest BCUT2D eigenvalue weighted by molar-refractivity contribution is 5.96. The number of hydrogen-bond acceptors (Lipinski definition) is 4. The Morgan fingerprint density at radius 1 is 1.32 bits per heavy atom. The molecule has 0 heterocycles. The number of nitrogens with zero attached hydrogens (tertiary/aromatic N) is 1. The normalized spacial score (nSPS) is 27.7. The molecule has 0 aliphatic heterocycles. The van der Waals surface area contributed by atoms with Crippen LogP contribution >= 0.6 is 0 Å². The Bertz CT molecular complexity index is 548. The van der Waals surface area contributed by atoms with Gasteiger partial charge in [0.1, 0.15) is 5.75 Å². The molecule has 3 rings (SSSR count). The average molecular weight is 262 g/mol. The van der Waals surface area contributed by atoms with E-state index in [1.807, 2.05) is 0 Å². The summed E-state index contributed by atoms with van der Waals surface area (Å²) in [5.41, 5.74) is -0.380. The second-order valence-corrected chi connectivity index (χ2v) is 5.34. The number of nitro benzene ring substituents is 1. The van der Waals surface area contributed by atoms with E-state index in [2.05, 4.69) is 5.32 Å². The molecule has 2 N–H and O–H groups in total. The van der Waals surface area contributed by atoms with Crippen molar-refractivity contribution in [1.82, 2.24) is 0 Å². The second-order valence-electron chi connectivity index (χ2n) is 5.34. The number of nitro groups is 1. The molecule has 2 saturated carbocycles. The number of anilines is 1. The van der Waals surface area contributed by atoms with E-state index in [1.165, 1.54) is 24.6 Å². The standard InChI is InChI=1S/C13H14N2O4/c16-11-3-1-2-10(15(18)19)12(11)14-13(17)9-5-7-4-8(7)6-9/h1-3,7-9,16H,4-6H2,(H,14,17). The van der Waals surface area contributed by atoms with E-state index >= 15 is 0 Å². The van der Waals surface area contributed by atoms with Gasteiger partial charge in [-0.15, -0.1) is 0 Å². The van der Waals surface area contributed by atoms with Crippen molar-refractivity contribution in [2.45, 2.75) is 19.3 Å². The highest BCUT2D eigenvalue weighted by atomic mass is 16.6. The van der Waals surface area contributed by atoms with E-state index in [1.54, 1.807) is 0 Å². The van der Waals surface area contributed by atoms with Gasteiger partial charge >= 0.3 is 0 Å². The summed E-state index contributed by atoms with van der Waals surface area (Å²) in [7, 11) is 0. The van der Waals surface area contributed by atoms with Crippen LogP contribution in [-0.2, 0) is 4.79 Å². The van der Waals surface area contributed by atoms with Gasteiger partial charge in [-0.3, -0.25) is 14.9 Å².